The minimum Gasteiger partial charge on any atom is -0.490 e. The van der Waals surface area contributed by atoms with E-state index in [0.29, 0.717) is 11.8 Å². The van der Waals surface area contributed by atoms with Crippen LogP contribution in [0.1, 0.15) is 19.8 Å². The predicted molar refractivity (Wildman–Crippen MR) is 65.5 cm³/mol. The highest BCUT2D eigenvalue weighted by Gasteiger charge is 2.28. The van der Waals surface area contributed by atoms with Gasteiger partial charge in [0.15, 0.2) is 5.75 Å². The van der Waals surface area contributed by atoms with Gasteiger partial charge in [0.05, 0.1) is 12.0 Å². The number of nitro groups is 1. The number of nitro benzene ring substituents is 1. The van der Waals surface area contributed by atoms with Crippen molar-refractivity contribution in [3.63, 3.8) is 0 Å². The Morgan fingerprint density at radius 1 is 1.53 bits per heavy atom. The van der Waals surface area contributed by atoms with Gasteiger partial charge in [-0.15, -0.1) is 0 Å². The highest BCUT2D eigenvalue weighted by atomic mass is 16.6. The molecule has 1 atom stereocenters. The minimum absolute atomic E-state index is 0.00266. The molecule has 0 heterocycles. The minimum atomic E-state index is -0.438. The van der Waals surface area contributed by atoms with Crippen molar-refractivity contribution in [2.75, 3.05) is 12.4 Å². The molecule has 2 rings (SSSR count). The number of nitrogens with one attached hydrogen (secondary N) is 1. The molecular formula is C12H16N2O3. The van der Waals surface area contributed by atoms with E-state index in [1.54, 1.807) is 12.1 Å². The smallest absolute Gasteiger partial charge is 0.311 e. The summed E-state index contributed by atoms with van der Waals surface area (Å²) in [5.41, 5.74) is 0.865. The molecule has 5 nitrogen and oxygen atoms in total. The van der Waals surface area contributed by atoms with Crippen LogP contribution in [0.15, 0.2) is 18.2 Å². The number of hydrogen-bond donors (Lipinski definition) is 1. The molecule has 1 unspecified atom stereocenters. The molecule has 0 spiro atoms. The Hall–Kier alpha value is -1.78. The Labute approximate surface area is 99.9 Å². The molecule has 0 saturated heterocycles. The van der Waals surface area contributed by atoms with Crippen molar-refractivity contribution in [1.82, 2.24) is 0 Å². The lowest BCUT2D eigenvalue weighted by molar-refractivity contribution is -0.385. The third kappa shape index (κ3) is 2.67. The van der Waals surface area contributed by atoms with Crippen LogP contribution in [0.4, 0.5) is 11.4 Å². The molecule has 92 valence electrons. The largest absolute Gasteiger partial charge is 0.490 e. The summed E-state index contributed by atoms with van der Waals surface area (Å²) >= 11 is 0. The first-order valence-electron chi connectivity index (χ1n) is 5.71. The van der Waals surface area contributed by atoms with Crippen molar-refractivity contribution >= 4 is 11.4 Å². The fourth-order valence-electron chi connectivity index (χ4n) is 1.90. The van der Waals surface area contributed by atoms with Crippen LogP contribution in [-0.2, 0) is 0 Å². The lowest BCUT2D eigenvalue weighted by Crippen LogP contribution is -2.17. The van der Waals surface area contributed by atoms with Crippen molar-refractivity contribution in [2.45, 2.75) is 25.8 Å². The molecule has 0 radical (unpaired) electrons. The molecule has 1 fully saturated rings. The Morgan fingerprint density at radius 2 is 2.24 bits per heavy atom. The zero-order valence-corrected chi connectivity index (χ0v) is 9.97. The zero-order chi connectivity index (χ0) is 12.4. The van der Waals surface area contributed by atoms with Crippen molar-refractivity contribution in [3.8, 4) is 5.75 Å². The lowest BCUT2D eigenvalue weighted by atomic mass is 10.2. The molecule has 0 amide bonds. The van der Waals surface area contributed by atoms with E-state index < -0.39 is 4.92 Å². The van der Waals surface area contributed by atoms with Gasteiger partial charge >= 0.3 is 5.69 Å². The van der Waals surface area contributed by atoms with E-state index in [1.165, 1.54) is 26.0 Å². The highest BCUT2D eigenvalue weighted by molar-refractivity contribution is 5.58. The highest BCUT2D eigenvalue weighted by Crippen LogP contribution is 2.35. The van der Waals surface area contributed by atoms with Gasteiger partial charge in [-0.2, -0.15) is 0 Å². The molecule has 1 aromatic rings. The van der Waals surface area contributed by atoms with Gasteiger partial charge < -0.3 is 10.1 Å². The molecule has 0 aromatic heterocycles. The summed E-state index contributed by atoms with van der Waals surface area (Å²) in [6.45, 7) is 2.13. The molecular weight excluding hydrogens is 220 g/mol. The second-order valence-electron chi connectivity index (χ2n) is 4.41. The van der Waals surface area contributed by atoms with Crippen LogP contribution < -0.4 is 10.1 Å². The Bertz CT molecular complexity index is 430. The number of rotatable bonds is 5. The average molecular weight is 236 g/mol. The van der Waals surface area contributed by atoms with Gasteiger partial charge in [0.2, 0.25) is 0 Å². The molecule has 1 aliphatic rings. The first-order valence-corrected chi connectivity index (χ1v) is 5.71. The van der Waals surface area contributed by atoms with Gasteiger partial charge in [0, 0.05) is 23.9 Å². The van der Waals surface area contributed by atoms with E-state index in [0.717, 1.165) is 11.6 Å². The SMILES string of the molecule is COc1cc(NC(C)C2CC2)ccc1[N+](=O)[O-]. The number of nitrogens with zero attached hydrogens (tertiary/aromatic N) is 1. The molecule has 1 aliphatic carbocycles. The van der Waals surface area contributed by atoms with E-state index in [4.69, 9.17) is 4.74 Å². The maximum atomic E-state index is 10.7. The van der Waals surface area contributed by atoms with Crippen molar-refractivity contribution in [2.24, 2.45) is 5.92 Å². The zero-order valence-electron chi connectivity index (χ0n) is 9.97. The average Bonchev–Trinajstić information content (AvgIpc) is 3.12. The van der Waals surface area contributed by atoms with E-state index in [1.807, 2.05) is 0 Å². The summed E-state index contributed by atoms with van der Waals surface area (Å²) in [6, 6.07) is 5.28. The maximum Gasteiger partial charge on any atom is 0.311 e. The normalized spacial score (nSPS) is 16.4. The first-order chi connectivity index (χ1) is 8.11. The third-order valence-electron chi connectivity index (χ3n) is 3.10. The molecule has 1 N–H and O–H groups in total. The van der Waals surface area contributed by atoms with Crippen LogP contribution in [0.3, 0.4) is 0 Å². The van der Waals surface area contributed by atoms with E-state index in [-0.39, 0.29) is 5.69 Å². The quantitative estimate of drug-likeness (QED) is 0.630. The van der Waals surface area contributed by atoms with Crippen LogP contribution in [0.25, 0.3) is 0 Å². The summed E-state index contributed by atoms with van der Waals surface area (Å²) in [5.74, 6) is 1.03. The van der Waals surface area contributed by atoms with Gasteiger partial charge in [-0.05, 0) is 31.7 Å². The number of methoxy groups -OCH3 is 1. The summed E-state index contributed by atoms with van der Waals surface area (Å²) in [4.78, 5) is 10.3. The van der Waals surface area contributed by atoms with Gasteiger partial charge in [-0.1, -0.05) is 0 Å². The molecule has 17 heavy (non-hydrogen) atoms. The third-order valence-corrected chi connectivity index (χ3v) is 3.10. The first kappa shape index (κ1) is 11.7. The van der Waals surface area contributed by atoms with E-state index in [2.05, 4.69) is 12.2 Å². The summed E-state index contributed by atoms with van der Waals surface area (Å²) in [6.07, 6.45) is 2.52. The summed E-state index contributed by atoms with van der Waals surface area (Å²) < 4.78 is 5.02. The number of hydrogen-bond acceptors (Lipinski definition) is 4. The van der Waals surface area contributed by atoms with Crippen molar-refractivity contribution in [3.05, 3.63) is 28.3 Å². The fourth-order valence-corrected chi connectivity index (χ4v) is 1.90. The topological polar surface area (TPSA) is 64.4 Å². The van der Waals surface area contributed by atoms with Crippen molar-refractivity contribution < 1.29 is 9.66 Å². The number of anilines is 1. The maximum absolute atomic E-state index is 10.7. The van der Waals surface area contributed by atoms with Crippen LogP contribution in [0, 0.1) is 16.0 Å². The van der Waals surface area contributed by atoms with Crippen LogP contribution in [-0.4, -0.2) is 18.1 Å². The fraction of sp³-hybridized carbons (Fsp3) is 0.500. The standard InChI is InChI=1S/C12H16N2O3/c1-8(9-3-4-9)13-10-5-6-11(14(15)16)12(7-10)17-2/h5-9,13H,3-4H2,1-2H3. The van der Waals surface area contributed by atoms with Crippen molar-refractivity contribution in [1.29, 1.82) is 0 Å². The Morgan fingerprint density at radius 3 is 2.76 bits per heavy atom. The number of benzene rings is 1. The molecule has 5 heteroatoms. The Kier molecular flexibility index (Phi) is 3.17. The van der Waals surface area contributed by atoms with E-state index in [9.17, 15) is 10.1 Å². The van der Waals surface area contributed by atoms with Gasteiger partial charge in [-0.3, -0.25) is 10.1 Å². The summed E-state index contributed by atoms with van der Waals surface area (Å²) in [7, 11) is 1.44. The van der Waals surface area contributed by atoms with Gasteiger partial charge in [0.25, 0.3) is 0 Å². The Balaban J connectivity index is 2.15. The lowest BCUT2D eigenvalue weighted by Gasteiger charge is -2.14. The van der Waals surface area contributed by atoms with Gasteiger partial charge in [0.1, 0.15) is 0 Å². The van der Waals surface area contributed by atoms with Crippen LogP contribution >= 0.6 is 0 Å². The second-order valence-corrected chi connectivity index (χ2v) is 4.41. The van der Waals surface area contributed by atoms with Crippen LogP contribution in [0.5, 0.6) is 5.75 Å². The predicted octanol–water partition coefficient (Wildman–Crippen LogP) is 2.81. The molecule has 1 aromatic carbocycles. The molecule has 0 bridgehead atoms. The van der Waals surface area contributed by atoms with Gasteiger partial charge in [-0.25, -0.2) is 0 Å². The number of ether oxygens (including phenoxy) is 1. The van der Waals surface area contributed by atoms with Crippen LogP contribution in [0.2, 0.25) is 0 Å². The summed E-state index contributed by atoms with van der Waals surface area (Å²) in [5, 5.41) is 14.1. The molecule has 0 aliphatic heterocycles. The second kappa shape index (κ2) is 4.61. The van der Waals surface area contributed by atoms with E-state index >= 15 is 0 Å². The molecule has 1 saturated carbocycles. The monoisotopic (exact) mass is 236 g/mol.